The van der Waals surface area contributed by atoms with Crippen molar-refractivity contribution in [1.29, 1.82) is 0 Å². The lowest BCUT2D eigenvalue weighted by Crippen LogP contribution is -2.48. The van der Waals surface area contributed by atoms with Crippen molar-refractivity contribution in [3.63, 3.8) is 0 Å². The topological polar surface area (TPSA) is 156 Å². The highest BCUT2D eigenvalue weighted by Crippen LogP contribution is 2.30. The van der Waals surface area contributed by atoms with Crippen LogP contribution >= 0.6 is 0 Å². The van der Waals surface area contributed by atoms with E-state index in [-0.39, 0.29) is 47.9 Å². The van der Waals surface area contributed by atoms with Gasteiger partial charge < -0.3 is 26.1 Å². The van der Waals surface area contributed by atoms with Crippen molar-refractivity contribution >= 4 is 34.5 Å². The Labute approximate surface area is 204 Å². The molecule has 0 aliphatic carbocycles. The number of Topliss-reactive ketones (excluding diaryl/α,β-unsaturated/α-hetero) is 1. The van der Waals surface area contributed by atoms with Crippen molar-refractivity contribution in [3.05, 3.63) is 24.0 Å². The molecule has 1 aliphatic heterocycles. The maximum absolute atomic E-state index is 13.1. The molecule has 0 bridgehead atoms. The second kappa shape index (κ2) is 11.0. The highest BCUT2D eigenvalue weighted by Gasteiger charge is 2.34. The van der Waals surface area contributed by atoms with Crippen molar-refractivity contribution in [1.82, 2.24) is 20.6 Å². The Morgan fingerprint density at radius 1 is 1.28 bits per heavy atom. The molecule has 1 fully saturated rings. The molecule has 13 heteroatoms. The maximum Gasteiger partial charge on any atom is 0.573 e. The van der Waals surface area contributed by atoms with Gasteiger partial charge in [0.15, 0.2) is 17.4 Å². The number of H-pyrrole nitrogens is 1. The van der Waals surface area contributed by atoms with Gasteiger partial charge in [-0.05, 0) is 37.3 Å². The first-order valence-corrected chi connectivity index (χ1v) is 11.5. The van der Waals surface area contributed by atoms with Gasteiger partial charge >= 0.3 is 6.36 Å². The molecule has 5 N–H and O–H groups in total. The number of amides is 3. The van der Waals surface area contributed by atoms with Gasteiger partial charge in [0.2, 0.25) is 17.7 Å². The van der Waals surface area contributed by atoms with Gasteiger partial charge in [-0.25, -0.2) is 4.98 Å². The number of ether oxygens (including phenoxy) is 1. The van der Waals surface area contributed by atoms with Gasteiger partial charge in [0.25, 0.3) is 0 Å². The molecule has 1 aliphatic rings. The Hall–Kier alpha value is -3.64. The zero-order valence-corrected chi connectivity index (χ0v) is 19.8. The van der Waals surface area contributed by atoms with Crippen LogP contribution in [0.5, 0.6) is 5.75 Å². The minimum Gasteiger partial charge on any atom is -0.403 e. The number of imidazole rings is 1. The van der Waals surface area contributed by atoms with Gasteiger partial charge in [-0.3, -0.25) is 19.2 Å². The second-order valence-corrected chi connectivity index (χ2v) is 9.22. The first-order valence-electron chi connectivity index (χ1n) is 11.5. The Morgan fingerprint density at radius 2 is 2.00 bits per heavy atom. The number of alkyl halides is 3. The van der Waals surface area contributed by atoms with Crippen LogP contribution in [0.2, 0.25) is 0 Å². The van der Waals surface area contributed by atoms with Gasteiger partial charge in [0.1, 0.15) is 11.6 Å². The third-order valence-electron chi connectivity index (χ3n) is 5.87. The molecule has 3 rings (SSSR count). The van der Waals surface area contributed by atoms with E-state index in [1.54, 1.807) is 0 Å². The van der Waals surface area contributed by atoms with E-state index in [1.807, 2.05) is 13.8 Å². The summed E-state index contributed by atoms with van der Waals surface area (Å²) < 4.78 is 42.1. The zero-order valence-electron chi connectivity index (χ0n) is 19.8. The molecule has 3 atom stereocenters. The predicted molar refractivity (Wildman–Crippen MR) is 122 cm³/mol. The maximum atomic E-state index is 13.1. The summed E-state index contributed by atoms with van der Waals surface area (Å²) in [6, 6.07) is 2.75. The summed E-state index contributed by atoms with van der Waals surface area (Å²) >= 11 is 0. The molecule has 10 nitrogen and oxygen atoms in total. The number of primary amides is 1. The molecule has 0 spiro atoms. The van der Waals surface area contributed by atoms with E-state index in [0.29, 0.717) is 13.0 Å². The summed E-state index contributed by atoms with van der Waals surface area (Å²) in [6.07, 6.45) is -4.41. The number of carbonyl (C=O) groups excluding carboxylic acids is 4. The molecule has 2 aromatic rings. The third kappa shape index (κ3) is 6.95. The summed E-state index contributed by atoms with van der Waals surface area (Å²) in [5.41, 5.74) is 5.43. The highest BCUT2D eigenvalue weighted by molar-refractivity contribution is 5.99. The summed E-state index contributed by atoms with van der Waals surface area (Å²) in [5.74, 6) is -4.32. The van der Waals surface area contributed by atoms with Gasteiger partial charge in [-0.1, -0.05) is 19.9 Å². The van der Waals surface area contributed by atoms with E-state index in [2.05, 4.69) is 25.3 Å². The zero-order chi connectivity index (χ0) is 26.6. The van der Waals surface area contributed by atoms with E-state index in [9.17, 15) is 32.3 Å². The second-order valence-electron chi connectivity index (χ2n) is 9.22. The molecule has 1 aromatic carbocycles. The molecular weight excluding hydrogens is 483 g/mol. The van der Waals surface area contributed by atoms with Gasteiger partial charge in [-0.2, -0.15) is 0 Å². The quantitative estimate of drug-likeness (QED) is 0.339. The molecule has 3 amide bonds. The number of carbonyl (C=O) groups is 4. The van der Waals surface area contributed by atoms with E-state index in [0.717, 1.165) is 6.07 Å². The molecule has 1 aromatic heterocycles. The largest absolute Gasteiger partial charge is 0.573 e. The fraction of sp³-hybridized carbons (Fsp3) is 0.522. The van der Waals surface area contributed by atoms with Crippen LogP contribution in [-0.2, 0) is 14.4 Å². The Bertz CT molecular complexity index is 1150. The van der Waals surface area contributed by atoms with Crippen LogP contribution in [-0.4, -0.2) is 52.4 Å². The van der Waals surface area contributed by atoms with Crippen LogP contribution in [0.4, 0.5) is 13.2 Å². The van der Waals surface area contributed by atoms with E-state index < -0.39 is 47.6 Å². The van der Waals surface area contributed by atoms with Crippen molar-refractivity contribution in [2.75, 3.05) is 6.54 Å². The average molecular weight is 512 g/mol. The first kappa shape index (κ1) is 27.0. The summed E-state index contributed by atoms with van der Waals surface area (Å²) in [5, 5.41) is 5.22. The number of aromatic nitrogens is 2. The lowest BCUT2D eigenvalue weighted by atomic mass is 9.90. The smallest absolute Gasteiger partial charge is 0.403 e. The molecule has 196 valence electrons. The lowest BCUT2D eigenvalue weighted by Gasteiger charge is -2.23. The molecule has 0 radical (unpaired) electrons. The van der Waals surface area contributed by atoms with Crippen LogP contribution in [0.1, 0.15) is 50.1 Å². The third-order valence-corrected chi connectivity index (χ3v) is 5.87. The molecule has 36 heavy (non-hydrogen) atoms. The monoisotopic (exact) mass is 511 g/mol. The molecule has 0 saturated carbocycles. The lowest BCUT2D eigenvalue weighted by molar-refractivity contribution is -0.274. The number of benzene rings is 1. The van der Waals surface area contributed by atoms with Gasteiger partial charge in [0.05, 0.1) is 5.52 Å². The normalized spacial score (nSPS) is 17.6. The van der Waals surface area contributed by atoms with Crippen LogP contribution in [0.3, 0.4) is 0 Å². The summed E-state index contributed by atoms with van der Waals surface area (Å²) in [4.78, 5) is 56.5. The minimum atomic E-state index is -4.94. The fourth-order valence-corrected chi connectivity index (χ4v) is 4.21. The molecule has 2 heterocycles. The molecule has 0 unspecified atom stereocenters. The number of hydrogen-bond donors (Lipinski definition) is 4. The Kier molecular flexibility index (Phi) is 8.21. The van der Waals surface area contributed by atoms with E-state index in [4.69, 9.17) is 5.73 Å². The number of para-hydroxylation sites is 1. The number of halogens is 3. The van der Waals surface area contributed by atoms with Crippen LogP contribution in [0.25, 0.3) is 11.0 Å². The number of rotatable bonds is 11. The molecular formula is C23H28F3N5O5. The SMILES string of the molecule is CC(C)C[C@H](CC(=O)c1nc2c(OC(F)(F)F)cccc2[nH]1)C(=O)N[C@@H](C[C@@H]1CCNC1=O)C(N)=O. The Balaban J connectivity index is 1.76. The summed E-state index contributed by atoms with van der Waals surface area (Å²) in [7, 11) is 0. The first-order chi connectivity index (χ1) is 16.8. The number of ketones is 1. The summed E-state index contributed by atoms with van der Waals surface area (Å²) in [6.45, 7) is 4.17. The minimum absolute atomic E-state index is 0.00338. The number of nitrogens with two attached hydrogens (primary N) is 1. The van der Waals surface area contributed by atoms with Gasteiger partial charge in [0, 0.05) is 24.8 Å². The fourth-order valence-electron chi connectivity index (χ4n) is 4.21. The van der Waals surface area contributed by atoms with Crippen molar-refractivity contribution in [2.45, 2.75) is 51.9 Å². The van der Waals surface area contributed by atoms with Crippen LogP contribution in [0.15, 0.2) is 18.2 Å². The number of fused-ring (bicyclic) bond motifs is 1. The number of hydrogen-bond acceptors (Lipinski definition) is 6. The number of aromatic amines is 1. The average Bonchev–Trinajstić information content (AvgIpc) is 3.38. The van der Waals surface area contributed by atoms with Crippen molar-refractivity contribution < 1.29 is 37.1 Å². The van der Waals surface area contributed by atoms with Gasteiger partial charge in [-0.15, -0.1) is 13.2 Å². The van der Waals surface area contributed by atoms with Crippen LogP contribution in [0, 0.1) is 17.8 Å². The Morgan fingerprint density at radius 3 is 2.58 bits per heavy atom. The predicted octanol–water partition coefficient (Wildman–Crippen LogP) is 2.19. The van der Waals surface area contributed by atoms with E-state index >= 15 is 0 Å². The van der Waals surface area contributed by atoms with E-state index in [1.165, 1.54) is 12.1 Å². The van der Waals surface area contributed by atoms with Crippen molar-refractivity contribution in [3.8, 4) is 5.75 Å². The highest BCUT2D eigenvalue weighted by atomic mass is 19.4. The van der Waals surface area contributed by atoms with Crippen LogP contribution < -0.4 is 21.1 Å². The van der Waals surface area contributed by atoms with Crippen molar-refractivity contribution in [2.24, 2.45) is 23.5 Å². The number of nitrogens with one attached hydrogen (secondary N) is 3. The standard InChI is InChI=1S/C23H28F3N5O5/c1-11(2)8-13(22(35)30-15(19(27)33)9-12-6-7-28-21(12)34)10-16(32)20-29-14-4-3-5-17(18(14)31-20)36-23(24,25)26/h3-5,11-13,15H,6-10H2,1-2H3,(H2,27,33)(H,28,34)(H,29,31)(H,30,35)/t12-,13+,15-/m0/s1. The number of nitrogens with zero attached hydrogens (tertiary/aromatic N) is 1. The molecule has 1 saturated heterocycles.